The molecule has 0 spiro atoms. The van der Waals surface area contributed by atoms with Crippen LogP contribution < -0.4 is 5.32 Å². The smallest absolute Gasteiger partial charge is 0.223 e. The minimum absolute atomic E-state index is 0.687. The number of nitrogens with zero attached hydrogens (tertiary/aromatic N) is 2. The first kappa shape index (κ1) is 13.7. The number of para-hydroxylation sites is 1. The average molecular weight is 259 g/mol. The van der Waals surface area contributed by atoms with Gasteiger partial charge in [0.25, 0.3) is 0 Å². The number of benzene rings is 1. The molecule has 0 saturated carbocycles. The standard InChI is InChI=1S/C15H21N3O/c1-2-3-10-19-11-6-9-16-15-17-12-13-7-4-5-8-14(13)18-15/h4-5,7-8,12H,2-3,6,9-11H2,1H3,(H,16,17,18). The van der Waals surface area contributed by atoms with Crippen LogP contribution in [-0.2, 0) is 4.74 Å². The van der Waals surface area contributed by atoms with Crippen LogP contribution in [0.3, 0.4) is 0 Å². The predicted octanol–water partition coefficient (Wildman–Crippen LogP) is 3.25. The second-order valence-electron chi connectivity index (χ2n) is 4.50. The number of hydrogen-bond donors (Lipinski definition) is 1. The quantitative estimate of drug-likeness (QED) is 0.739. The molecule has 0 saturated heterocycles. The molecule has 0 fully saturated rings. The predicted molar refractivity (Wildman–Crippen MR) is 78.4 cm³/mol. The molecule has 0 aliphatic carbocycles. The number of rotatable bonds is 8. The van der Waals surface area contributed by atoms with Crippen molar-refractivity contribution in [3.05, 3.63) is 30.5 Å². The molecule has 102 valence electrons. The van der Waals surface area contributed by atoms with Crippen LogP contribution in [-0.4, -0.2) is 29.7 Å². The van der Waals surface area contributed by atoms with Gasteiger partial charge in [0.05, 0.1) is 5.52 Å². The molecule has 1 heterocycles. The van der Waals surface area contributed by atoms with E-state index in [1.807, 2.05) is 30.5 Å². The third kappa shape index (κ3) is 4.48. The Bertz CT molecular complexity index is 501. The van der Waals surface area contributed by atoms with Gasteiger partial charge >= 0.3 is 0 Å². The fourth-order valence-corrected chi connectivity index (χ4v) is 1.78. The maximum Gasteiger partial charge on any atom is 0.223 e. The minimum Gasteiger partial charge on any atom is -0.381 e. The zero-order chi connectivity index (χ0) is 13.3. The number of unbranched alkanes of at least 4 members (excludes halogenated alkanes) is 1. The second kappa shape index (κ2) is 7.69. The summed E-state index contributed by atoms with van der Waals surface area (Å²) in [5.41, 5.74) is 0.971. The van der Waals surface area contributed by atoms with E-state index in [0.29, 0.717) is 5.95 Å². The van der Waals surface area contributed by atoms with Crippen LogP contribution >= 0.6 is 0 Å². The van der Waals surface area contributed by atoms with Crippen LogP contribution in [0.4, 0.5) is 5.95 Å². The van der Waals surface area contributed by atoms with Crippen molar-refractivity contribution < 1.29 is 4.74 Å². The van der Waals surface area contributed by atoms with E-state index in [4.69, 9.17) is 4.74 Å². The molecule has 0 bridgehead atoms. The van der Waals surface area contributed by atoms with Gasteiger partial charge in [0.15, 0.2) is 0 Å². The lowest BCUT2D eigenvalue weighted by molar-refractivity contribution is 0.131. The molecule has 0 aliphatic rings. The number of nitrogens with one attached hydrogen (secondary N) is 1. The van der Waals surface area contributed by atoms with Gasteiger partial charge in [-0.05, 0) is 18.9 Å². The number of aromatic nitrogens is 2. The molecule has 2 rings (SSSR count). The molecule has 0 unspecified atom stereocenters. The monoisotopic (exact) mass is 259 g/mol. The van der Waals surface area contributed by atoms with Gasteiger partial charge in [-0.25, -0.2) is 9.97 Å². The summed E-state index contributed by atoms with van der Waals surface area (Å²) in [6.07, 6.45) is 5.15. The van der Waals surface area contributed by atoms with E-state index in [2.05, 4.69) is 22.2 Å². The van der Waals surface area contributed by atoms with E-state index in [9.17, 15) is 0 Å². The SMILES string of the molecule is CCCCOCCCNc1ncc2ccccc2n1. The zero-order valence-electron chi connectivity index (χ0n) is 11.4. The highest BCUT2D eigenvalue weighted by molar-refractivity contribution is 5.78. The number of anilines is 1. The van der Waals surface area contributed by atoms with Gasteiger partial charge in [0, 0.05) is 31.3 Å². The Hall–Kier alpha value is -1.68. The summed E-state index contributed by atoms with van der Waals surface area (Å²) < 4.78 is 5.50. The van der Waals surface area contributed by atoms with Crippen molar-refractivity contribution in [3.63, 3.8) is 0 Å². The highest BCUT2D eigenvalue weighted by Gasteiger charge is 1.98. The van der Waals surface area contributed by atoms with Crippen LogP contribution in [0.15, 0.2) is 30.5 Å². The van der Waals surface area contributed by atoms with Gasteiger partial charge in [-0.3, -0.25) is 0 Å². The van der Waals surface area contributed by atoms with E-state index < -0.39 is 0 Å². The molecule has 0 radical (unpaired) electrons. The Kier molecular flexibility index (Phi) is 5.56. The minimum atomic E-state index is 0.687. The molecule has 19 heavy (non-hydrogen) atoms. The molecular weight excluding hydrogens is 238 g/mol. The van der Waals surface area contributed by atoms with E-state index in [1.54, 1.807) is 0 Å². The van der Waals surface area contributed by atoms with Crippen molar-refractivity contribution in [2.75, 3.05) is 25.1 Å². The summed E-state index contributed by atoms with van der Waals surface area (Å²) in [7, 11) is 0. The van der Waals surface area contributed by atoms with Crippen molar-refractivity contribution in [2.24, 2.45) is 0 Å². The van der Waals surface area contributed by atoms with E-state index in [-0.39, 0.29) is 0 Å². The molecule has 4 heteroatoms. The van der Waals surface area contributed by atoms with Gasteiger partial charge in [0.2, 0.25) is 5.95 Å². The van der Waals surface area contributed by atoms with E-state index in [0.717, 1.165) is 43.5 Å². The normalized spacial score (nSPS) is 10.8. The number of hydrogen-bond acceptors (Lipinski definition) is 4. The van der Waals surface area contributed by atoms with Crippen LogP contribution in [0.2, 0.25) is 0 Å². The summed E-state index contributed by atoms with van der Waals surface area (Å²) in [5.74, 6) is 0.687. The summed E-state index contributed by atoms with van der Waals surface area (Å²) in [5, 5.41) is 4.29. The van der Waals surface area contributed by atoms with E-state index >= 15 is 0 Å². The molecule has 0 atom stereocenters. The lowest BCUT2D eigenvalue weighted by Gasteiger charge is -2.06. The first-order valence-electron chi connectivity index (χ1n) is 6.93. The summed E-state index contributed by atoms with van der Waals surface area (Å²) in [6, 6.07) is 7.99. The Morgan fingerprint density at radius 3 is 2.89 bits per heavy atom. The molecule has 1 aromatic carbocycles. The molecular formula is C15H21N3O. The summed E-state index contributed by atoms with van der Waals surface area (Å²) >= 11 is 0. The number of fused-ring (bicyclic) bond motifs is 1. The van der Waals surface area contributed by atoms with Gasteiger partial charge in [-0.2, -0.15) is 0 Å². The highest BCUT2D eigenvalue weighted by atomic mass is 16.5. The maximum absolute atomic E-state index is 5.50. The fraction of sp³-hybridized carbons (Fsp3) is 0.467. The van der Waals surface area contributed by atoms with E-state index in [1.165, 1.54) is 6.42 Å². The lowest BCUT2D eigenvalue weighted by Crippen LogP contribution is -2.08. The largest absolute Gasteiger partial charge is 0.381 e. The van der Waals surface area contributed by atoms with Crippen molar-refractivity contribution in [1.29, 1.82) is 0 Å². The van der Waals surface area contributed by atoms with Crippen molar-refractivity contribution >= 4 is 16.9 Å². The van der Waals surface area contributed by atoms with Crippen LogP contribution in [0.25, 0.3) is 10.9 Å². The van der Waals surface area contributed by atoms with Gasteiger partial charge in [0.1, 0.15) is 0 Å². The van der Waals surface area contributed by atoms with Crippen molar-refractivity contribution in [3.8, 4) is 0 Å². The molecule has 0 aliphatic heterocycles. The maximum atomic E-state index is 5.50. The lowest BCUT2D eigenvalue weighted by atomic mass is 10.2. The Morgan fingerprint density at radius 2 is 2.00 bits per heavy atom. The van der Waals surface area contributed by atoms with Crippen LogP contribution in [0.1, 0.15) is 26.2 Å². The Labute approximate surface area is 114 Å². The summed E-state index contributed by atoms with van der Waals surface area (Å²) in [4.78, 5) is 8.75. The van der Waals surface area contributed by atoms with Crippen molar-refractivity contribution in [1.82, 2.24) is 9.97 Å². The average Bonchev–Trinajstić information content (AvgIpc) is 2.46. The third-order valence-corrected chi connectivity index (χ3v) is 2.88. The van der Waals surface area contributed by atoms with Crippen molar-refractivity contribution in [2.45, 2.75) is 26.2 Å². The molecule has 4 nitrogen and oxygen atoms in total. The first-order chi connectivity index (χ1) is 9.40. The Balaban J connectivity index is 1.72. The Morgan fingerprint density at radius 1 is 1.16 bits per heavy atom. The topological polar surface area (TPSA) is 47.0 Å². The van der Waals surface area contributed by atoms with Gasteiger partial charge in [-0.15, -0.1) is 0 Å². The molecule has 0 amide bonds. The number of ether oxygens (including phenoxy) is 1. The fourth-order valence-electron chi connectivity index (χ4n) is 1.78. The third-order valence-electron chi connectivity index (χ3n) is 2.88. The zero-order valence-corrected chi connectivity index (χ0v) is 11.4. The first-order valence-corrected chi connectivity index (χ1v) is 6.93. The van der Waals surface area contributed by atoms with Gasteiger partial charge in [-0.1, -0.05) is 31.5 Å². The second-order valence-corrected chi connectivity index (χ2v) is 4.50. The van der Waals surface area contributed by atoms with Crippen LogP contribution in [0.5, 0.6) is 0 Å². The summed E-state index contributed by atoms with van der Waals surface area (Å²) in [6.45, 7) is 4.66. The van der Waals surface area contributed by atoms with Crippen LogP contribution in [0, 0.1) is 0 Å². The van der Waals surface area contributed by atoms with Gasteiger partial charge < -0.3 is 10.1 Å². The molecule has 1 aromatic heterocycles. The highest BCUT2D eigenvalue weighted by Crippen LogP contribution is 2.11. The molecule has 2 aromatic rings. The molecule has 1 N–H and O–H groups in total.